The van der Waals surface area contributed by atoms with Crippen molar-refractivity contribution in [3.63, 3.8) is 0 Å². The van der Waals surface area contributed by atoms with Crippen LogP contribution in [0.2, 0.25) is 0 Å². The van der Waals surface area contributed by atoms with E-state index in [4.69, 9.17) is 0 Å². The third-order valence-corrected chi connectivity index (χ3v) is 14.8. The maximum absolute atomic E-state index is 4.49. The molecule has 6 aromatic heterocycles. The van der Waals surface area contributed by atoms with Gasteiger partial charge in [-0.15, -0.1) is 203 Å². The normalized spacial score (nSPS) is 9.85. The Morgan fingerprint density at radius 1 is 0.245 bits per heavy atom. The largest absolute Gasteiger partial charge is 0.305 e. The van der Waals surface area contributed by atoms with Crippen LogP contribution in [0, 0.1) is 71.0 Å². The van der Waals surface area contributed by atoms with Crippen molar-refractivity contribution < 1.29 is 60.3 Å². The van der Waals surface area contributed by atoms with E-state index in [0.717, 1.165) is 90.2 Å². The van der Waals surface area contributed by atoms with E-state index in [-0.39, 0.29) is 60.3 Å². The average Bonchev–Trinajstić information content (AvgIpc) is 0.848. The van der Waals surface area contributed by atoms with Crippen LogP contribution in [0.5, 0.6) is 0 Å². The molecular weight excluding hydrogens is 1730 g/mol. The molecule has 0 N–H and O–H groups in total. The minimum absolute atomic E-state index is 0. The van der Waals surface area contributed by atoms with E-state index in [2.05, 4.69) is 159 Å². The second kappa shape index (κ2) is 40.4. The number of rotatable bonds is 9. The first-order valence-corrected chi connectivity index (χ1v) is 31.4. The summed E-state index contributed by atoms with van der Waals surface area (Å²) in [7, 11) is 0. The molecule has 0 atom stereocenters. The molecule has 0 aliphatic carbocycles. The molecule has 0 bridgehead atoms. The molecule has 0 unspecified atom stereocenters. The number of aryl methyl sites for hydroxylation is 5. The van der Waals surface area contributed by atoms with Gasteiger partial charge >= 0.3 is 0 Å². The van der Waals surface area contributed by atoms with E-state index in [9.17, 15) is 0 Å². The van der Waals surface area contributed by atoms with Crippen LogP contribution in [0.3, 0.4) is 0 Å². The van der Waals surface area contributed by atoms with Crippen LogP contribution in [0.25, 0.3) is 101 Å². The predicted octanol–water partition coefficient (Wildman–Crippen LogP) is 21.8. The average molecular weight is 1800 g/mol. The van der Waals surface area contributed by atoms with Crippen LogP contribution in [-0.4, -0.2) is 29.9 Å². The van der Waals surface area contributed by atoms with Crippen LogP contribution in [0.1, 0.15) is 28.2 Å². The summed E-state index contributed by atoms with van der Waals surface area (Å²) in [5.74, 6) is 0. The molecule has 489 valence electrons. The van der Waals surface area contributed by atoms with E-state index >= 15 is 0 Å². The second-order valence-corrected chi connectivity index (χ2v) is 22.0. The molecule has 0 saturated carbocycles. The fourth-order valence-electron chi connectivity index (χ4n) is 9.92. The maximum atomic E-state index is 4.49. The monoisotopic (exact) mass is 1800 g/mol. The predicted molar refractivity (Wildman–Crippen MR) is 391 cm³/mol. The van der Waals surface area contributed by atoms with Crippen molar-refractivity contribution in [2.75, 3.05) is 0 Å². The van der Waals surface area contributed by atoms with Crippen molar-refractivity contribution in [1.29, 1.82) is 0 Å². The molecule has 9 aromatic carbocycles. The van der Waals surface area contributed by atoms with E-state index < -0.39 is 0 Å². The molecule has 6 heterocycles. The summed E-state index contributed by atoms with van der Waals surface area (Å²) in [5, 5.41) is 0. The van der Waals surface area contributed by atoms with Crippen LogP contribution in [0.15, 0.2) is 334 Å². The van der Waals surface area contributed by atoms with Crippen molar-refractivity contribution in [2.45, 2.75) is 34.6 Å². The third-order valence-electron chi connectivity index (χ3n) is 14.8. The fraction of sp³-hybridized carbons (Fsp3) is 0.0562. The van der Waals surface area contributed by atoms with Gasteiger partial charge in [0, 0.05) is 96.0 Å². The first-order valence-electron chi connectivity index (χ1n) is 31.4. The molecular formula is C89H70Ir3N6-6. The zero-order valence-electron chi connectivity index (χ0n) is 54.9. The summed E-state index contributed by atoms with van der Waals surface area (Å²) in [6.07, 6.45) is 5.56. The van der Waals surface area contributed by atoms with E-state index in [1.54, 1.807) is 0 Å². The fourth-order valence-corrected chi connectivity index (χ4v) is 9.92. The molecule has 0 aliphatic heterocycles. The third kappa shape index (κ3) is 23.3. The first kappa shape index (κ1) is 75.2. The first-order chi connectivity index (χ1) is 46.7. The summed E-state index contributed by atoms with van der Waals surface area (Å²) in [4.78, 5) is 26.5. The van der Waals surface area contributed by atoms with E-state index in [1.165, 1.54) is 38.9 Å². The van der Waals surface area contributed by atoms with Gasteiger partial charge in [0.05, 0.1) is 0 Å². The summed E-state index contributed by atoms with van der Waals surface area (Å²) in [6.45, 7) is 10.2. The zero-order chi connectivity index (χ0) is 65.7. The number of aromatic nitrogens is 6. The molecule has 15 rings (SSSR count). The summed E-state index contributed by atoms with van der Waals surface area (Å²) < 4.78 is 0. The van der Waals surface area contributed by atoms with Gasteiger partial charge in [-0.3, -0.25) is 0 Å². The van der Waals surface area contributed by atoms with Gasteiger partial charge in [-0.05, 0) is 103 Å². The quantitative estimate of drug-likeness (QED) is 0.134. The molecule has 0 spiro atoms. The Balaban J connectivity index is 0.000000166. The molecule has 6 nitrogen and oxygen atoms in total. The zero-order valence-corrected chi connectivity index (χ0v) is 62.1. The van der Waals surface area contributed by atoms with Gasteiger partial charge in [-0.2, -0.15) is 0 Å². The maximum Gasteiger partial charge on any atom is 0.0266 e. The standard InChI is InChI=1S/2C18H14N.C17H12N.3C12H10N.3Ir/c1-14-13-16(15-7-3-2-4-8-15)10-11-17(14)18-9-5-6-12-19-18;1-14-11-12-19-18(13-14)17-9-7-16(8-10-17)15-5-3-2-4-6-15;1-3-7-14(8-4-1)16-11-12-17(18-13-16)15-9-5-2-6-10-15;3*1-10-6-5-9-12(13-10)11-7-3-2-4-8-11;;;/h2-10,12-13H,1H3;2-9,11-13H,1H3;1-9,11-13H;3*2-7,9H,1H3;;;/q6*-1;;;. The Labute approximate surface area is 619 Å². The van der Waals surface area contributed by atoms with E-state index in [0.29, 0.717) is 0 Å². The number of nitrogens with zero attached hydrogens (tertiary/aromatic N) is 6. The van der Waals surface area contributed by atoms with Crippen LogP contribution >= 0.6 is 0 Å². The topological polar surface area (TPSA) is 77.3 Å². The number of benzene rings is 9. The van der Waals surface area contributed by atoms with Crippen molar-refractivity contribution in [2.24, 2.45) is 0 Å². The number of hydrogen-bond donors (Lipinski definition) is 0. The van der Waals surface area contributed by atoms with Crippen molar-refractivity contribution >= 4 is 0 Å². The Morgan fingerprint density at radius 3 is 1.03 bits per heavy atom. The Bertz CT molecular complexity index is 4460. The van der Waals surface area contributed by atoms with Crippen LogP contribution in [-0.2, 0) is 60.3 Å². The number of pyridine rings is 6. The minimum Gasteiger partial charge on any atom is -0.305 e. The molecule has 0 fully saturated rings. The Kier molecular flexibility index (Phi) is 31.0. The van der Waals surface area contributed by atoms with Gasteiger partial charge in [0.15, 0.2) is 0 Å². The van der Waals surface area contributed by atoms with Crippen molar-refractivity contribution in [1.82, 2.24) is 29.9 Å². The van der Waals surface area contributed by atoms with Gasteiger partial charge < -0.3 is 29.9 Å². The second-order valence-electron chi connectivity index (χ2n) is 22.0. The molecule has 0 amide bonds. The van der Waals surface area contributed by atoms with Crippen LogP contribution in [0.4, 0.5) is 0 Å². The molecule has 98 heavy (non-hydrogen) atoms. The molecule has 15 aromatic rings. The van der Waals surface area contributed by atoms with Crippen molar-refractivity contribution in [3.8, 4) is 101 Å². The summed E-state index contributed by atoms with van der Waals surface area (Å²) in [6, 6.07) is 124. The molecule has 9 heteroatoms. The Morgan fingerprint density at radius 2 is 0.643 bits per heavy atom. The van der Waals surface area contributed by atoms with Gasteiger partial charge in [-0.25, -0.2) is 0 Å². The minimum atomic E-state index is 0. The number of hydrogen-bond acceptors (Lipinski definition) is 6. The Hall–Kier alpha value is -10.2. The van der Waals surface area contributed by atoms with E-state index in [1.807, 2.05) is 276 Å². The molecule has 3 radical (unpaired) electrons. The molecule has 0 saturated heterocycles. The van der Waals surface area contributed by atoms with Crippen molar-refractivity contribution in [3.05, 3.63) is 399 Å². The smallest absolute Gasteiger partial charge is 0.0266 e. The SMILES string of the molecule is Cc1cc(-c2ccccc2)c[c-]c1-c1ccccn1.Cc1cccc(-c2[c-]cccc2)n1.Cc1cccc(-c2[c-]cccc2)n1.Cc1cccc(-c2[c-]cccc2)n1.Cc1ccnc(-c2[c-]cc(-c3ccccc3)cc2)c1.[Ir].[Ir].[Ir].[c-]1ccccc1-c1ccc(-c2ccccc2)cn1. The van der Waals surface area contributed by atoms with Gasteiger partial charge in [0.25, 0.3) is 0 Å². The molecule has 0 aliphatic rings. The van der Waals surface area contributed by atoms with Gasteiger partial charge in [0.1, 0.15) is 0 Å². The summed E-state index contributed by atoms with van der Waals surface area (Å²) >= 11 is 0. The summed E-state index contributed by atoms with van der Waals surface area (Å²) in [5.41, 5.74) is 24.8. The van der Waals surface area contributed by atoms with Gasteiger partial charge in [-0.1, -0.05) is 192 Å². The van der Waals surface area contributed by atoms with Gasteiger partial charge in [0.2, 0.25) is 0 Å². The van der Waals surface area contributed by atoms with Crippen LogP contribution < -0.4 is 0 Å².